The summed E-state index contributed by atoms with van der Waals surface area (Å²) < 4.78 is 0. The monoisotopic (exact) mass is 266 g/mol. The van der Waals surface area contributed by atoms with Crippen molar-refractivity contribution < 1.29 is 4.79 Å². The van der Waals surface area contributed by atoms with Crippen molar-refractivity contribution in [3.63, 3.8) is 0 Å². The maximum absolute atomic E-state index is 11.8. The van der Waals surface area contributed by atoms with E-state index in [1.807, 2.05) is 31.2 Å². The summed E-state index contributed by atoms with van der Waals surface area (Å²) in [5.41, 5.74) is 7.73. The highest BCUT2D eigenvalue weighted by Gasteiger charge is 2.11. The molecule has 1 rings (SSSR count). The molecule has 0 unspecified atom stereocenters. The summed E-state index contributed by atoms with van der Waals surface area (Å²) in [6.45, 7) is 2.62. The van der Waals surface area contributed by atoms with Crippen LogP contribution in [0.5, 0.6) is 0 Å². The van der Waals surface area contributed by atoms with Crippen molar-refractivity contribution in [1.29, 1.82) is 0 Å². The lowest BCUT2D eigenvalue weighted by Crippen LogP contribution is -2.29. The lowest BCUT2D eigenvalue weighted by molar-refractivity contribution is -0.127. The van der Waals surface area contributed by atoms with Crippen molar-refractivity contribution >= 4 is 22.8 Å². The van der Waals surface area contributed by atoms with Crippen LogP contribution in [0.2, 0.25) is 0 Å². The quantitative estimate of drug-likeness (QED) is 0.366. The maximum Gasteiger partial charge on any atom is 0.233 e. The molecule has 0 atom stereocenters. The van der Waals surface area contributed by atoms with E-state index in [4.69, 9.17) is 11.6 Å². The minimum atomic E-state index is -0.00477. The Morgan fingerprint density at radius 3 is 2.72 bits per heavy atom. The van der Waals surface area contributed by atoms with E-state index in [9.17, 15) is 4.79 Å². The van der Waals surface area contributed by atoms with Crippen LogP contribution in [0.1, 0.15) is 11.1 Å². The Hall–Kier alpha value is -1.69. The van der Waals surface area contributed by atoms with E-state index in [0.29, 0.717) is 6.54 Å². The summed E-state index contributed by atoms with van der Waals surface area (Å²) in [4.78, 5) is 13.5. The molecule has 0 aromatic heterocycles. The third kappa shape index (κ3) is 4.29. The van der Waals surface area contributed by atoms with Gasteiger partial charge in [0.15, 0.2) is 5.17 Å². The SMILES string of the molecule is Cc1ccccc1CN(C)C(=O)CSC(N)=NN. The second kappa shape index (κ2) is 6.90. The van der Waals surface area contributed by atoms with Crippen LogP contribution in [0.15, 0.2) is 29.4 Å². The molecule has 0 spiro atoms. The number of rotatable bonds is 4. The lowest BCUT2D eigenvalue weighted by atomic mass is 10.1. The molecule has 4 N–H and O–H groups in total. The standard InChI is InChI=1S/C12H18N4OS/c1-9-5-3-4-6-10(9)7-16(2)11(17)8-18-12(13)15-14/h3-6H,7-8,14H2,1-2H3,(H2,13,15). The molecule has 0 saturated carbocycles. The molecule has 0 aliphatic carbocycles. The van der Waals surface area contributed by atoms with Gasteiger partial charge in [-0.1, -0.05) is 36.0 Å². The molecule has 1 aromatic carbocycles. The van der Waals surface area contributed by atoms with E-state index in [1.165, 1.54) is 5.56 Å². The first-order valence-electron chi connectivity index (χ1n) is 5.49. The number of hydrazone groups is 1. The molecule has 0 fully saturated rings. The Balaban J connectivity index is 2.53. The van der Waals surface area contributed by atoms with E-state index in [-0.39, 0.29) is 16.8 Å². The second-order valence-electron chi connectivity index (χ2n) is 3.93. The van der Waals surface area contributed by atoms with Crippen LogP contribution in [-0.4, -0.2) is 28.8 Å². The molecule has 0 aliphatic heterocycles. The van der Waals surface area contributed by atoms with Crippen molar-refractivity contribution in [3.05, 3.63) is 35.4 Å². The van der Waals surface area contributed by atoms with E-state index in [2.05, 4.69) is 5.10 Å². The minimum Gasteiger partial charge on any atom is -0.377 e. The average Bonchev–Trinajstić information content (AvgIpc) is 2.38. The van der Waals surface area contributed by atoms with Gasteiger partial charge in [-0.05, 0) is 18.1 Å². The van der Waals surface area contributed by atoms with Crippen LogP contribution in [0.3, 0.4) is 0 Å². The highest BCUT2D eigenvalue weighted by molar-refractivity contribution is 8.14. The first-order valence-corrected chi connectivity index (χ1v) is 6.47. The van der Waals surface area contributed by atoms with Gasteiger partial charge >= 0.3 is 0 Å². The minimum absolute atomic E-state index is 0.00477. The highest BCUT2D eigenvalue weighted by atomic mass is 32.2. The van der Waals surface area contributed by atoms with E-state index in [1.54, 1.807) is 11.9 Å². The van der Waals surface area contributed by atoms with Crippen LogP contribution in [0.4, 0.5) is 0 Å². The van der Waals surface area contributed by atoms with Gasteiger partial charge in [-0.25, -0.2) is 0 Å². The van der Waals surface area contributed by atoms with Crippen molar-refractivity contribution in [2.45, 2.75) is 13.5 Å². The smallest absolute Gasteiger partial charge is 0.233 e. The topological polar surface area (TPSA) is 84.7 Å². The molecular formula is C12H18N4OS. The van der Waals surface area contributed by atoms with Gasteiger partial charge in [0.05, 0.1) is 5.75 Å². The molecule has 18 heavy (non-hydrogen) atoms. The summed E-state index contributed by atoms with van der Waals surface area (Å²) in [6, 6.07) is 7.99. The molecule has 0 saturated heterocycles. The zero-order chi connectivity index (χ0) is 13.5. The zero-order valence-electron chi connectivity index (χ0n) is 10.6. The third-order valence-electron chi connectivity index (χ3n) is 2.57. The molecule has 6 heteroatoms. The Kier molecular flexibility index (Phi) is 5.51. The van der Waals surface area contributed by atoms with Crippen LogP contribution in [0, 0.1) is 6.92 Å². The maximum atomic E-state index is 11.8. The number of carbonyl (C=O) groups excluding carboxylic acids is 1. The van der Waals surface area contributed by atoms with E-state index < -0.39 is 0 Å². The van der Waals surface area contributed by atoms with E-state index in [0.717, 1.165) is 17.3 Å². The molecule has 98 valence electrons. The van der Waals surface area contributed by atoms with Gasteiger partial charge in [-0.15, -0.1) is 0 Å². The number of aryl methyl sites for hydroxylation is 1. The highest BCUT2D eigenvalue weighted by Crippen LogP contribution is 2.10. The number of carbonyl (C=O) groups is 1. The fourth-order valence-electron chi connectivity index (χ4n) is 1.41. The van der Waals surface area contributed by atoms with Gasteiger partial charge in [0.1, 0.15) is 0 Å². The molecule has 1 aromatic rings. The number of nitrogens with zero attached hydrogens (tertiary/aromatic N) is 2. The molecule has 0 bridgehead atoms. The number of amidine groups is 1. The third-order valence-corrected chi connectivity index (χ3v) is 3.36. The average molecular weight is 266 g/mol. The van der Waals surface area contributed by atoms with Crippen LogP contribution >= 0.6 is 11.8 Å². The zero-order valence-corrected chi connectivity index (χ0v) is 11.4. The largest absolute Gasteiger partial charge is 0.377 e. The molecule has 5 nitrogen and oxygen atoms in total. The predicted octanol–water partition coefficient (Wildman–Crippen LogP) is 0.875. The molecule has 0 radical (unpaired) electrons. The van der Waals surface area contributed by atoms with Gasteiger partial charge < -0.3 is 16.5 Å². The van der Waals surface area contributed by atoms with Crippen LogP contribution < -0.4 is 11.6 Å². The summed E-state index contributed by atoms with van der Waals surface area (Å²) >= 11 is 1.14. The van der Waals surface area contributed by atoms with Crippen molar-refractivity contribution in [1.82, 2.24) is 4.90 Å². The fourth-order valence-corrected chi connectivity index (χ4v) is 1.98. The van der Waals surface area contributed by atoms with Crippen LogP contribution in [-0.2, 0) is 11.3 Å². The van der Waals surface area contributed by atoms with Gasteiger partial charge in [-0.2, -0.15) is 5.10 Å². The number of thioether (sulfide) groups is 1. The number of nitrogens with two attached hydrogens (primary N) is 2. The molecular weight excluding hydrogens is 248 g/mol. The Labute approximate surface area is 111 Å². The normalized spacial score (nSPS) is 11.3. The fraction of sp³-hybridized carbons (Fsp3) is 0.333. The summed E-state index contributed by atoms with van der Waals surface area (Å²) in [6.07, 6.45) is 0. The molecule has 1 amide bonds. The summed E-state index contributed by atoms with van der Waals surface area (Å²) in [7, 11) is 1.77. The van der Waals surface area contributed by atoms with Crippen molar-refractivity contribution in [3.8, 4) is 0 Å². The first-order chi connectivity index (χ1) is 8.54. The molecule has 0 heterocycles. The van der Waals surface area contributed by atoms with Crippen molar-refractivity contribution in [2.75, 3.05) is 12.8 Å². The number of amides is 1. The molecule has 0 aliphatic rings. The van der Waals surface area contributed by atoms with Gasteiger partial charge in [0.2, 0.25) is 5.91 Å². The number of hydrogen-bond acceptors (Lipinski definition) is 4. The van der Waals surface area contributed by atoms with Gasteiger partial charge in [-0.3, -0.25) is 4.79 Å². The number of hydrogen-bond donors (Lipinski definition) is 2. The second-order valence-corrected chi connectivity index (χ2v) is 4.93. The van der Waals surface area contributed by atoms with Gasteiger partial charge in [0.25, 0.3) is 0 Å². The summed E-state index contributed by atoms with van der Waals surface area (Å²) in [5, 5.41) is 3.52. The Morgan fingerprint density at radius 2 is 2.11 bits per heavy atom. The Bertz CT molecular complexity index is 447. The van der Waals surface area contributed by atoms with Crippen LogP contribution in [0.25, 0.3) is 0 Å². The lowest BCUT2D eigenvalue weighted by Gasteiger charge is -2.18. The first kappa shape index (κ1) is 14.4. The summed E-state index contributed by atoms with van der Waals surface area (Å²) in [5.74, 6) is 5.24. The van der Waals surface area contributed by atoms with Gasteiger partial charge in [0, 0.05) is 13.6 Å². The number of benzene rings is 1. The van der Waals surface area contributed by atoms with E-state index >= 15 is 0 Å². The van der Waals surface area contributed by atoms with Crippen molar-refractivity contribution in [2.24, 2.45) is 16.7 Å². The predicted molar refractivity (Wildman–Crippen MR) is 75.9 cm³/mol. The Morgan fingerprint density at radius 1 is 1.44 bits per heavy atom.